The molecule has 6 heteroatoms. The summed E-state index contributed by atoms with van der Waals surface area (Å²) in [5.41, 5.74) is 1.23. The Balaban J connectivity index is 1.57. The summed E-state index contributed by atoms with van der Waals surface area (Å²) in [7, 11) is 0. The van der Waals surface area contributed by atoms with E-state index in [4.69, 9.17) is 5.11 Å². The fraction of sp³-hybridized carbons (Fsp3) is 0.615. The molecule has 5 nitrogen and oxygen atoms in total. The maximum Gasteiger partial charge on any atom is 0.308 e. The molecule has 0 bridgehead atoms. The van der Waals surface area contributed by atoms with Gasteiger partial charge in [-0.2, -0.15) is 0 Å². The molecule has 1 aliphatic heterocycles. The summed E-state index contributed by atoms with van der Waals surface area (Å²) in [6.07, 6.45) is 4.31. The molecule has 3 rings (SSSR count). The number of aromatic nitrogens is 1. The van der Waals surface area contributed by atoms with Crippen molar-refractivity contribution in [3.8, 4) is 0 Å². The van der Waals surface area contributed by atoms with E-state index in [0.717, 1.165) is 24.3 Å². The van der Waals surface area contributed by atoms with E-state index < -0.39 is 11.9 Å². The number of thiazole rings is 1. The van der Waals surface area contributed by atoms with Gasteiger partial charge in [-0.15, -0.1) is 11.3 Å². The molecule has 0 saturated carbocycles. The summed E-state index contributed by atoms with van der Waals surface area (Å²) in [5.74, 6) is -1.45. The molecule has 1 amide bonds. The van der Waals surface area contributed by atoms with Crippen LogP contribution in [0.15, 0.2) is 0 Å². The second-order valence-corrected chi connectivity index (χ2v) is 6.33. The van der Waals surface area contributed by atoms with Crippen molar-refractivity contribution >= 4 is 23.2 Å². The lowest BCUT2D eigenvalue weighted by Crippen LogP contribution is -2.28. The zero-order valence-corrected chi connectivity index (χ0v) is 11.4. The first-order valence-electron chi connectivity index (χ1n) is 6.61. The average Bonchev–Trinajstić information content (AvgIpc) is 3.00. The van der Waals surface area contributed by atoms with E-state index in [0.29, 0.717) is 13.1 Å². The maximum absolute atomic E-state index is 11.7. The predicted molar refractivity (Wildman–Crippen MR) is 70.2 cm³/mol. The summed E-state index contributed by atoms with van der Waals surface area (Å²) in [6, 6.07) is 0. The van der Waals surface area contributed by atoms with Crippen LogP contribution in [0.2, 0.25) is 0 Å². The number of likely N-dealkylation sites (tertiary alicyclic amines) is 1. The van der Waals surface area contributed by atoms with E-state index in [1.807, 2.05) is 0 Å². The molecule has 0 radical (unpaired) electrons. The number of fused-ring (bicyclic) bond motifs is 1. The molecule has 0 spiro atoms. The van der Waals surface area contributed by atoms with Crippen LogP contribution < -0.4 is 0 Å². The maximum atomic E-state index is 11.7. The minimum absolute atomic E-state index is 0.0449. The number of nitrogens with zero attached hydrogens (tertiary/aromatic N) is 2. The Bertz CT molecular complexity index is 504. The van der Waals surface area contributed by atoms with Crippen molar-refractivity contribution in [1.29, 1.82) is 0 Å². The molecule has 1 fully saturated rings. The molecule has 1 unspecified atom stereocenters. The Morgan fingerprint density at radius 1 is 1.47 bits per heavy atom. The number of rotatable bonds is 4. The molecule has 1 aromatic heterocycles. The zero-order chi connectivity index (χ0) is 13.4. The standard InChI is InChI=1S/C13H16N2O3S/c16-12-6-8(13(17)18)7-15(12)5-4-11-14-9-2-1-3-10(9)19-11/h8H,1-7H2,(H,17,18). The highest BCUT2D eigenvalue weighted by molar-refractivity contribution is 7.11. The van der Waals surface area contributed by atoms with Crippen LogP contribution in [-0.4, -0.2) is 40.0 Å². The second kappa shape index (κ2) is 4.92. The van der Waals surface area contributed by atoms with E-state index in [9.17, 15) is 9.59 Å². The first-order valence-corrected chi connectivity index (χ1v) is 7.43. The molecule has 1 atom stereocenters. The minimum atomic E-state index is -0.871. The van der Waals surface area contributed by atoms with Gasteiger partial charge < -0.3 is 10.0 Å². The van der Waals surface area contributed by atoms with Gasteiger partial charge in [0, 0.05) is 30.8 Å². The number of carbonyl (C=O) groups excluding carboxylic acids is 1. The molecule has 1 aromatic rings. The molecule has 1 N–H and O–H groups in total. The van der Waals surface area contributed by atoms with Gasteiger partial charge in [-0.05, 0) is 19.3 Å². The van der Waals surface area contributed by atoms with E-state index in [-0.39, 0.29) is 12.3 Å². The number of carboxylic acid groups (broad SMARTS) is 1. The molecule has 2 aliphatic rings. The van der Waals surface area contributed by atoms with Crippen LogP contribution in [0, 0.1) is 5.92 Å². The third kappa shape index (κ3) is 2.49. The molecule has 0 aromatic carbocycles. The predicted octanol–water partition coefficient (Wildman–Crippen LogP) is 1.11. The summed E-state index contributed by atoms with van der Waals surface area (Å²) >= 11 is 1.75. The Kier molecular flexibility index (Phi) is 3.26. The molecule has 2 heterocycles. The number of aryl methyl sites for hydroxylation is 2. The van der Waals surface area contributed by atoms with Crippen LogP contribution in [0.1, 0.15) is 28.4 Å². The fourth-order valence-corrected chi connectivity index (χ4v) is 3.88. The van der Waals surface area contributed by atoms with E-state index in [1.54, 1.807) is 16.2 Å². The van der Waals surface area contributed by atoms with Crippen LogP contribution in [0.25, 0.3) is 0 Å². The third-order valence-electron chi connectivity index (χ3n) is 3.80. The van der Waals surface area contributed by atoms with Crippen molar-refractivity contribution in [3.05, 3.63) is 15.6 Å². The first-order chi connectivity index (χ1) is 9.13. The highest BCUT2D eigenvalue weighted by atomic mass is 32.1. The lowest BCUT2D eigenvalue weighted by atomic mass is 10.1. The largest absolute Gasteiger partial charge is 0.481 e. The zero-order valence-electron chi connectivity index (χ0n) is 10.6. The normalized spacial score (nSPS) is 22.0. The number of hydrogen-bond donors (Lipinski definition) is 1. The van der Waals surface area contributed by atoms with Gasteiger partial charge in [0.25, 0.3) is 0 Å². The fourth-order valence-electron chi connectivity index (χ4n) is 2.74. The van der Waals surface area contributed by atoms with Gasteiger partial charge in [-0.3, -0.25) is 9.59 Å². The van der Waals surface area contributed by atoms with Gasteiger partial charge in [0.2, 0.25) is 5.91 Å². The lowest BCUT2D eigenvalue weighted by molar-refractivity contribution is -0.141. The monoisotopic (exact) mass is 280 g/mol. The van der Waals surface area contributed by atoms with E-state index >= 15 is 0 Å². The van der Waals surface area contributed by atoms with Crippen molar-refractivity contribution in [1.82, 2.24) is 9.88 Å². The van der Waals surface area contributed by atoms with E-state index in [2.05, 4.69) is 4.98 Å². The lowest BCUT2D eigenvalue weighted by Gasteiger charge is -2.14. The second-order valence-electron chi connectivity index (χ2n) is 5.16. The van der Waals surface area contributed by atoms with Crippen LogP contribution in [0.5, 0.6) is 0 Å². The number of aliphatic carboxylic acids is 1. The molecule has 1 aliphatic carbocycles. The third-order valence-corrected chi connectivity index (χ3v) is 5.02. The molecular weight excluding hydrogens is 264 g/mol. The highest BCUT2D eigenvalue weighted by Gasteiger charge is 2.34. The molecular formula is C13H16N2O3S. The van der Waals surface area contributed by atoms with Crippen molar-refractivity contribution in [2.45, 2.75) is 32.1 Å². The molecule has 19 heavy (non-hydrogen) atoms. The Morgan fingerprint density at radius 2 is 2.32 bits per heavy atom. The average molecular weight is 280 g/mol. The smallest absolute Gasteiger partial charge is 0.308 e. The van der Waals surface area contributed by atoms with Crippen LogP contribution in [-0.2, 0) is 28.9 Å². The van der Waals surface area contributed by atoms with Crippen molar-refractivity contribution in [2.24, 2.45) is 5.92 Å². The highest BCUT2D eigenvalue weighted by Crippen LogP contribution is 2.28. The molecule has 102 valence electrons. The summed E-state index contributed by atoms with van der Waals surface area (Å²) < 4.78 is 0. The minimum Gasteiger partial charge on any atom is -0.481 e. The van der Waals surface area contributed by atoms with E-state index in [1.165, 1.54) is 17.0 Å². The summed E-state index contributed by atoms with van der Waals surface area (Å²) in [6.45, 7) is 0.939. The van der Waals surface area contributed by atoms with Crippen molar-refractivity contribution < 1.29 is 14.7 Å². The number of hydrogen-bond acceptors (Lipinski definition) is 4. The number of carboxylic acids is 1. The van der Waals surface area contributed by atoms with Crippen LogP contribution in [0.4, 0.5) is 0 Å². The Labute approximate surface area is 115 Å². The summed E-state index contributed by atoms with van der Waals surface area (Å²) in [4.78, 5) is 30.2. The Hall–Kier alpha value is -1.43. The van der Waals surface area contributed by atoms with Gasteiger partial charge >= 0.3 is 5.97 Å². The van der Waals surface area contributed by atoms with Crippen LogP contribution >= 0.6 is 11.3 Å². The Morgan fingerprint density at radius 3 is 3.00 bits per heavy atom. The number of amides is 1. The SMILES string of the molecule is O=C(O)C1CC(=O)N(CCc2nc3c(s2)CCC3)C1. The van der Waals surface area contributed by atoms with Gasteiger partial charge in [-0.1, -0.05) is 0 Å². The quantitative estimate of drug-likeness (QED) is 0.897. The van der Waals surface area contributed by atoms with Gasteiger partial charge in [-0.25, -0.2) is 4.98 Å². The summed E-state index contributed by atoms with van der Waals surface area (Å²) in [5, 5.41) is 10.0. The first kappa shape index (κ1) is 12.6. The van der Waals surface area contributed by atoms with Crippen molar-refractivity contribution in [3.63, 3.8) is 0 Å². The topological polar surface area (TPSA) is 70.5 Å². The van der Waals surface area contributed by atoms with Crippen molar-refractivity contribution in [2.75, 3.05) is 13.1 Å². The van der Waals surface area contributed by atoms with Gasteiger partial charge in [0.1, 0.15) is 0 Å². The van der Waals surface area contributed by atoms with Gasteiger partial charge in [0.05, 0.1) is 16.6 Å². The number of carbonyl (C=O) groups is 2. The molecule has 1 saturated heterocycles. The van der Waals surface area contributed by atoms with Gasteiger partial charge in [0.15, 0.2) is 0 Å². The van der Waals surface area contributed by atoms with Crippen LogP contribution in [0.3, 0.4) is 0 Å².